The second kappa shape index (κ2) is 10.5. The maximum absolute atomic E-state index is 13.3. The number of fused-ring (bicyclic) bond motifs is 1. The number of hydrogen-bond acceptors (Lipinski definition) is 4. The second-order valence-corrected chi connectivity index (χ2v) is 9.80. The second-order valence-electron chi connectivity index (χ2n) is 8.58. The van der Waals surface area contributed by atoms with Gasteiger partial charge in [-0.2, -0.15) is 0 Å². The molecule has 0 atom stereocenters. The Hall–Kier alpha value is -3.84. The number of imide groups is 2. The lowest BCUT2D eigenvalue weighted by molar-refractivity contribution is -0.122. The fourth-order valence-electron chi connectivity index (χ4n) is 4.25. The van der Waals surface area contributed by atoms with Crippen LogP contribution >= 0.6 is 34.8 Å². The molecule has 0 aromatic heterocycles. The molecule has 1 saturated heterocycles. The normalized spacial score (nSPS) is 14.8. The van der Waals surface area contributed by atoms with Crippen molar-refractivity contribution in [2.75, 3.05) is 4.90 Å². The number of nitrogens with zero attached hydrogens (tertiary/aromatic N) is 1. The number of barbiturate groups is 1. The fourth-order valence-corrected chi connectivity index (χ4v) is 5.03. The van der Waals surface area contributed by atoms with E-state index < -0.39 is 17.8 Å². The van der Waals surface area contributed by atoms with Crippen LogP contribution in [0.2, 0.25) is 15.1 Å². The summed E-state index contributed by atoms with van der Waals surface area (Å²) in [5.41, 5.74) is 1.87. The third-order valence-electron chi connectivity index (χ3n) is 6.17. The molecule has 1 N–H and O–H groups in total. The van der Waals surface area contributed by atoms with Crippen molar-refractivity contribution in [2.24, 2.45) is 0 Å². The van der Waals surface area contributed by atoms with E-state index in [1.807, 2.05) is 42.5 Å². The smallest absolute Gasteiger partial charge is 0.335 e. The van der Waals surface area contributed by atoms with E-state index in [-0.39, 0.29) is 33.7 Å². The first kappa shape index (κ1) is 25.8. The van der Waals surface area contributed by atoms with E-state index in [4.69, 9.17) is 39.5 Å². The zero-order valence-electron chi connectivity index (χ0n) is 19.9. The quantitative estimate of drug-likeness (QED) is 0.203. The van der Waals surface area contributed by atoms with Gasteiger partial charge >= 0.3 is 6.03 Å². The minimum atomic E-state index is -0.865. The molecule has 5 rings (SSSR count). The average Bonchev–Trinajstić information content (AvgIpc) is 2.88. The molecule has 0 spiro atoms. The zero-order chi connectivity index (χ0) is 27.0. The van der Waals surface area contributed by atoms with E-state index in [2.05, 4.69) is 5.32 Å². The molecule has 4 aromatic carbocycles. The number of anilines is 1. The van der Waals surface area contributed by atoms with Gasteiger partial charge in [-0.05, 0) is 64.7 Å². The van der Waals surface area contributed by atoms with E-state index in [0.717, 1.165) is 21.2 Å². The molecule has 38 heavy (non-hydrogen) atoms. The van der Waals surface area contributed by atoms with E-state index in [1.165, 1.54) is 18.2 Å². The van der Waals surface area contributed by atoms with Crippen LogP contribution < -0.4 is 15.0 Å². The fraction of sp³-hybridized carbons (Fsp3) is 0.0690. The van der Waals surface area contributed by atoms with Gasteiger partial charge in [0.1, 0.15) is 12.2 Å². The van der Waals surface area contributed by atoms with Gasteiger partial charge in [0.05, 0.1) is 15.7 Å². The minimum Gasteiger partial charge on any atom is -0.486 e. The van der Waals surface area contributed by atoms with Crippen molar-refractivity contribution in [3.8, 4) is 5.75 Å². The summed E-state index contributed by atoms with van der Waals surface area (Å²) in [7, 11) is 0. The van der Waals surface area contributed by atoms with E-state index >= 15 is 0 Å². The highest BCUT2D eigenvalue weighted by atomic mass is 35.5. The third kappa shape index (κ3) is 4.86. The topological polar surface area (TPSA) is 75.7 Å². The first-order valence-corrected chi connectivity index (χ1v) is 12.6. The Morgan fingerprint density at radius 2 is 1.55 bits per heavy atom. The molecule has 0 unspecified atom stereocenters. The van der Waals surface area contributed by atoms with Crippen molar-refractivity contribution in [2.45, 2.75) is 13.5 Å². The first-order chi connectivity index (χ1) is 18.2. The van der Waals surface area contributed by atoms with Crippen LogP contribution in [-0.4, -0.2) is 17.8 Å². The van der Waals surface area contributed by atoms with Crippen LogP contribution in [0, 0.1) is 6.92 Å². The maximum atomic E-state index is 13.3. The summed E-state index contributed by atoms with van der Waals surface area (Å²) >= 11 is 19.2. The highest BCUT2D eigenvalue weighted by molar-refractivity contribution is 6.40. The third-order valence-corrected chi connectivity index (χ3v) is 7.14. The molecule has 1 aliphatic rings. The van der Waals surface area contributed by atoms with Gasteiger partial charge < -0.3 is 4.74 Å². The van der Waals surface area contributed by atoms with Gasteiger partial charge in [0.2, 0.25) is 0 Å². The Kier molecular flexibility index (Phi) is 7.13. The average molecular weight is 566 g/mol. The van der Waals surface area contributed by atoms with E-state index in [0.29, 0.717) is 16.1 Å². The first-order valence-electron chi connectivity index (χ1n) is 11.5. The van der Waals surface area contributed by atoms with Crippen molar-refractivity contribution in [1.29, 1.82) is 0 Å². The molecule has 0 saturated carbocycles. The molecule has 0 radical (unpaired) electrons. The molecule has 1 aliphatic heterocycles. The molecular formula is C29H19Cl3N2O4. The molecule has 4 aromatic rings. The van der Waals surface area contributed by atoms with Crippen molar-refractivity contribution < 1.29 is 19.1 Å². The highest BCUT2D eigenvalue weighted by Crippen LogP contribution is 2.36. The van der Waals surface area contributed by atoms with E-state index in [1.54, 1.807) is 25.1 Å². The van der Waals surface area contributed by atoms with Crippen LogP contribution in [0.15, 0.2) is 78.4 Å². The number of nitrogens with one attached hydrogen (secondary N) is 1. The van der Waals surface area contributed by atoms with Gasteiger partial charge in [0.15, 0.2) is 5.75 Å². The predicted octanol–water partition coefficient (Wildman–Crippen LogP) is 7.35. The predicted molar refractivity (Wildman–Crippen MR) is 150 cm³/mol. The van der Waals surface area contributed by atoms with Crippen LogP contribution in [0.1, 0.15) is 16.7 Å². The Bertz CT molecular complexity index is 1640. The van der Waals surface area contributed by atoms with Crippen molar-refractivity contribution in [3.05, 3.63) is 110 Å². The molecular weight excluding hydrogens is 547 g/mol. The molecule has 1 fully saturated rings. The number of rotatable bonds is 5. The number of carbonyl (C=O) groups excluding carboxylic acids is 3. The summed E-state index contributed by atoms with van der Waals surface area (Å²) in [5.74, 6) is -1.36. The van der Waals surface area contributed by atoms with Crippen LogP contribution in [-0.2, 0) is 16.2 Å². The number of carbonyl (C=O) groups is 3. The lowest BCUT2D eigenvalue weighted by atomic mass is 10.0. The zero-order valence-corrected chi connectivity index (χ0v) is 22.2. The number of ether oxygens (including phenoxy) is 1. The Balaban J connectivity index is 1.43. The van der Waals surface area contributed by atoms with Gasteiger partial charge in [-0.15, -0.1) is 0 Å². The van der Waals surface area contributed by atoms with Gasteiger partial charge in [0.25, 0.3) is 11.8 Å². The number of amides is 4. The van der Waals surface area contributed by atoms with Gasteiger partial charge in [-0.1, -0.05) is 83.3 Å². The molecule has 1 heterocycles. The molecule has 190 valence electrons. The van der Waals surface area contributed by atoms with Gasteiger partial charge in [-0.25, -0.2) is 9.69 Å². The van der Waals surface area contributed by atoms with Crippen LogP contribution in [0.25, 0.3) is 16.8 Å². The number of halogens is 3. The summed E-state index contributed by atoms with van der Waals surface area (Å²) in [4.78, 5) is 39.3. The lowest BCUT2D eigenvalue weighted by Crippen LogP contribution is -2.54. The van der Waals surface area contributed by atoms with Crippen LogP contribution in [0.5, 0.6) is 5.75 Å². The monoisotopic (exact) mass is 564 g/mol. The Labute approximate surface area is 233 Å². The molecule has 9 heteroatoms. The SMILES string of the molecule is Cc1c(Cl)cccc1N1C(=O)NC(=O)/C(=C\c2cc(Cl)c(OCc3cccc4ccccc34)c(Cl)c2)C1=O. The summed E-state index contributed by atoms with van der Waals surface area (Å²) in [6.45, 7) is 1.91. The van der Waals surface area contributed by atoms with Gasteiger partial charge in [-0.3, -0.25) is 14.9 Å². The van der Waals surface area contributed by atoms with Crippen molar-refractivity contribution >= 4 is 75.2 Å². The Morgan fingerprint density at radius 1 is 0.868 bits per heavy atom. The van der Waals surface area contributed by atoms with E-state index in [9.17, 15) is 14.4 Å². The molecule has 6 nitrogen and oxygen atoms in total. The Morgan fingerprint density at radius 3 is 2.32 bits per heavy atom. The summed E-state index contributed by atoms with van der Waals surface area (Å²) in [6, 6.07) is 20.9. The summed E-state index contributed by atoms with van der Waals surface area (Å²) in [5, 5.41) is 5.12. The lowest BCUT2D eigenvalue weighted by Gasteiger charge is -2.27. The summed E-state index contributed by atoms with van der Waals surface area (Å²) in [6.07, 6.45) is 1.32. The number of benzene rings is 4. The number of urea groups is 1. The standard InChI is InChI=1S/C29H19Cl3N2O4/c1-16-22(30)10-5-11-25(16)34-28(36)21(27(35)33-29(34)37)12-17-13-23(31)26(24(32)14-17)38-15-19-8-4-7-18-6-2-3-9-20(18)19/h2-14H,15H2,1H3,(H,33,35,37)/b21-12+. The number of hydrogen-bond donors (Lipinski definition) is 1. The van der Waals surface area contributed by atoms with Crippen LogP contribution in [0.3, 0.4) is 0 Å². The highest BCUT2D eigenvalue weighted by Gasteiger charge is 2.37. The maximum Gasteiger partial charge on any atom is 0.335 e. The molecule has 0 aliphatic carbocycles. The van der Waals surface area contributed by atoms with Gasteiger partial charge in [0, 0.05) is 5.02 Å². The minimum absolute atomic E-state index is 0.201. The van der Waals surface area contributed by atoms with Crippen molar-refractivity contribution in [1.82, 2.24) is 5.32 Å². The van der Waals surface area contributed by atoms with Crippen LogP contribution in [0.4, 0.5) is 10.5 Å². The summed E-state index contributed by atoms with van der Waals surface area (Å²) < 4.78 is 5.97. The van der Waals surface area contributed by atoms with Crippen molar-refractivity contribution in [3.63, 3.8) is 0 Å². The molecule has 0 bridgehead atoms. The molecule has 4 amide bonds. The largest absolute Gasteiger partial charge is 0.486 e.